The maximum atomic E-state index is 6.24. The molecule has 0 heterocycles. The first-order chi connectivity index (χ1) is 4.65. The van der Waals surface area contributed by atoms with E-state index in [9.17, 15) is 0 Å². The zero-order valence-corrected chi connectivity index (χ0v) is 6.98. The fourth-order valence-corrected chi connectivity index (χ4v) is 2.98. The second-order valence-corrected chi connectivity index (χ2v) is 4.30. The van der Waals surface area contributed by atoms with Crippen LogP contribution in [0.4, 0.5) is 0 Å². The van der Waals surface area contributed by atoms with Crippen molar-refractivity contribution in [1.82, 2.24) is 0 Å². The summed E-state index contributed by atoms with van der Waals surface area (Å²) in [5.41, 5.74) is 7.08. The Balaban J connectivity index is 2.07. The molecule has 0 bridgehead atoms. The summed E-state index contributed by atoms with van der Waals surface area (Å²) in [5.74, 6) is 0.889. The summed E-state index contributed by atoms with van der Waals surface area (Å²) < 4.78 is 0. The molecular weight excluding hydrogens is 122 g/mol. The average molecular weight is 139 g/mol. The van der Waals surface area contributed by atoms with E-state index in [0.717, 1.165) is 5.92 Å². The SMILES string of the molecule is CCCC1(N)C2CCC21C. The van der Waals surface area contributed by atoms with E-state index >= 15 is 0 Å². The third kappa shape index (κ3) is 0.460. The molecule has 10 heavy (non-hydrogen) atoms. The highest BCUT2D eigenvalue weighted by atomic mass is 15.0. The van der Waals surface area contributed by atoms with Gasteiger partial charge in [-0.05, 0) is 30.6 Å². The Morgan fingerprint density at radius 1 is 1.60 bits per heavy atom. The first-order valence-electron chi connectivity index (χ1n) is 4.44. The van der Waals surface area contributed by atoms with Crippen LogP contribution in [0, 0.1) is 11.3 Å². The molecule has 0 saturated heterocycles. The highest BCUT2D eigenvalue weighted by molar-refractivity contribution is 5.29. The molecule has 0 aromatic carbocycles. The minimum Gasteiger partial charge on any atom is -0.324 e. The van der Waals surface area contributed by atoms with Gasteiger partial charge >= 0.3 is 0 Å². The molecule has 2 aliphatic carbocycles. The van der Waals surface area contributed by atoms with Crippen LogP contribution < -0.4 is 5.73 Å². The standard InChI is InChI=1S/C9H17N/c1-3-5-9(10)7-4-6-8(7,9)2/h7H,3-6,10H2,1-2H3. The molecule has 0 radical (unpaired) electrons. The van der Waals surface area contributed by atoms with Crippen molar-refractivity contribution in [2.45, 2.75) is 45.1 Å². The summed E-state index contributed by atoms with van der Waals surface area (Å²) in [7, 11) is 0. The van der Waals surface area contributed by atoms with Gasteiger partial charge in [0.1, 0.15) is 0 Å². The van der Waals surface area contributed by atoms with Crippen molar-refractivity contribution in [3.05, 3.63) is 0 Å². The normalized spacial score (nSPS) is 57.3. The summed E-state index contributed by atoms with van der Waals surface area (Å²) in [6, 6.07) is 0. The summed E-state index contributed by atoms with van der Waals surface area (Å²) in [5, 5.41) is 0. The maximum Gasteiger partial charge on any atom is 0.0246 e. The van der Waals surface area contributed by atoms with Crippen LogP contribution in [0.5, 0.6) is 0 Å². The van der Waals surface area contributed by atoms with Crippen LogP contribution >= 0.6 is 0 Å². The quantitative estimate of drug-likeness (QED) is 0.621. The van der Waals surface area contributed by atoms with Crippen LogP contribution in [0.3, 0.4) is 0 Å². The van der Waals surface area contributed by atoms with Crippen molar-refractivity contribution >= 4 is 0 Å². The number of fused-ring (bicyclic) bond motifs is 1. The number of rotatable bonds is 2. The molecule has 0 aromatic heterocycles. The molecule has 0 spiro atoms. The van der Waals surface area contributed by atoms with Crippen molar-refractivity contribution in [2.24, 2.45) is 17.1 Å². The van der Waals surface area contributed by atoms with Gasteiger partial charge in [-0.15, -0.1) is 0 Å². The van der Waals surface area contributed by atoms with Gasteiger partial charge in [-0.3, -0.25) is 0 Å². The second-order valence-electron chi connectivity index (χ2n) is 4.30. The molecular formula is C9H17N. The summed E-state index contributed by atoms with van der Waals surface area (Å²) in [6.45, 7) is 4.59. The molecule has 2 fully saturated rings. The Morgan fingerprint density at radius 2 is 2.20 bits per heavy atom. The highest BCUT2D eigenvalue weighted by Crippen LogP contribution is 2.74. The molecule has 1 heteroatoms. The lowest BCUT2D eigenvalue weighted by atomic mass is 9.86. The predicted molar refractivity (Wildman–Crippen MR) is 42.7 cm³/mol. The Bertz CT molecular complexity index is 166. The Morgan fingerprint density at radius 3 is 2.50 bits per heavy atom. The smallest absolute Gasteiger partial charge is 0.0246 e. The molecule has 2 N–H and O–H groups in total. The Labute approximate surface area is 63.0 Å². The lowest BCUT2D eigenvalue weighted by molar-refractivity contribution is 0.314. The van der Waals surface area contributed by atoms with Crippen LogP contribution in [0.15, 0.2) is 0 Å². The Kier molecular flexibility index (Phi) is 1.05. The van der Waals surface area contributed by atoms with Gasteiger partial charge in [0.05, 0.1) is 0 Å². The van der Waals surface area contributed by atoms with Crippen molar-refractivity contribution < 1.29 is 0 Å². The van der Waals surface area contributed by atoms with Crippen molar-refractivity contribution in [1.29, 1.82) is 0 Å². The van der Waals surface area contributed by atoms with E-state index in [-0.39, 0.29) is 5.54 Å². The van der Waals surface area contributed by atoms with E-state index in [1.165, 1.54) is 25.7 Å². The zero-order chi connectivity index (χ0) is 7.41. The van der Waals surface area contributed by atoms with Crippen LogP contribution in [0.25, 0.3) is 0 Å². The molecule has 0 aliphatic heterocycles. The van der Waals surface area contributed by atoms with Crippen molar-refractivity contribution in [2.75, 3.05) is 0 Å². The van der Waals surface area contributed by atoms with Crippen LogP contribution in [-0.4, -0.2) is 5.54 Å². The molecule has 2 saturated carbocycles. The van der Waals surface area contributed by atoms with E-state index in [2.05, 4.69) is 13.8 Å². The molecule has 3 atom stereocenters. The third-order valence-electron chi connectivity index (χ3n) is 3.99. The fraction of sp³-hybridized carbons (Fsp3) is 1.00. The largest absolute Gasteiger partial charge is 0.324 e. The van der Waals surface area contributed by atoms with Gasteiger partial charge in [0.2, 0.25) is 0 Å². The first-order valence-corrected chi connectivity index (χ1v) is 4.44. The molecule has 58 valence electrons. The lowest BCUT2D eigenvalue weighted by Crippen LogP contribution is -2.27. The van der Waals surface area contributed by atoms with Crippen LogP contribution in [-0.2, 0) is 0 Å². The summed E-state index contributed by atoms with van der Waals surface area (Å²) >= 11 is 0. The van der Waals surface area contributed by atoms with Gasteiger partial charge < -0.3 is 5.73 Å². The van der Waals surface area contributed by atoms with E-state index in [1.54, 1.807) is 0 Å². The number of hydrogen-bond donors (Lipinski definition) is 1. The summed E-state index contributed by atoms with van der Waals surface area (Å²) in [6.07, 6.45) is 5.28. The van der Waals surface area contributed by atoms with E-state index in [4.69, 9.17) is 5.73 Å². The van der Waals surface area contributed by atoms with E-state index < -0.39 is 0 Å². The van der Waals surface area contributed by atoms with Crippen LogP contribution in [0.2, 0.25) is 0 Å². The van der Waals surface area contributed by atoms with Crippen molar-refractivity contribution in [3.8, 4) is 0 Å². The maximum absolute atomic E-state index is 6.24. The third-order valence-corrected chi connectivity index (χ3v) is 3.99. The molecule has 2 rings (SSSR count). The minimum absolute atomic E-state index is 0.266. The van der Waals surface area contributed by atoms with Crippen LogP contribution in [0.1, 0.15) is 39.5 Å². The van der Waals surface area contributed by atoms with Gasteiger partial charge in [-0.1, -0.05) is 20.3 Å². The van der Waals surface area contributed by atoms with Gasteiger partial charge in [0, 0.05) is 5.54 Å². The molecule has 0 amide bonds. The monoisotopic (exact) mass is 139 g/mol. The number of nitrogens with two attached hydrogens (primary N) is 1. The first kappa shape index (κ1) is 6.66. The van der Waals surface area contributed by atoms with Gasteiger partial charge in [0.25, 0.3) is 0 Å². The number of hydrogen-bond acceptors (Lipinski definition) is 1. The lowest BCUT2D eigenvalue weighted by Gasteiger charge is -2.19. The highest BCUT2D eigenvalue weighted by Gasteiger charge is 2.75. The molecule has 2 aliphatic rings. The fourth-order valence-electron chi connectivity index (χ4n) is 2.98. The van der Waals surface area contributed by atoms with Gasteiger partial charge in [0.15, 0.2) is 0 Å². The molecule has 1 nitrogen and oxygen atoms in total. The van der Waals surface area contributed by atoms with Gasteiger partial charge in [-0.25, -0.2) is 0 Å². The minimum atomic E-state index is 0.266. The van der Waals surface area contributed by atoms with Crippen molar-refractivity contribution in [3.63, 3.8) is 0 Å². The topological polar surface area (TPSA) is 26.0 Å². The zero-order valence-electron chi connectivity index (χ0n) is 6.98. The second kappa shape index (κ2) is 1.58. The average Bonchev–Trinajstić information content (AvgIpc) is 2.11. The predicted octanol–water partition coefficient (Wildman–Crippen LogP) is 1.91. The van der Waals surface area contributed by atoms with E-state index in [1.807, 2.05) is 0 Å². The van der Waals surface area contributed by atoms with E-state index in [0.29, 0.717) is 5.41 Å². The Hall–Kier alpha value is -0.0400. The summed E-state index contributed by atoms with van der Waals surface area (Å²) in [4.78, 5) is 0. The molecule has 0 aromatic rings. The van der Waals surface area contributed by atoms with Gasteiger partial charge in [-0.2, -0.15) is 0 Å². The molecule has 3 unspecified atom stereocenters.